The molecule has 2 aromatic carbocycles. The molecular formula is C17H17NO. The summed E-state index contributed by atoms with van der Waals surface area (Å²) in [7, 11) is 0. The number of nitrogens with one attached hydrogen (secondary N) is 1. The van der Waals surface area contributed by atoms with Gasteiger partial charge in [0.25, 0.3) is 0 Å². The number of hydrogen-bond acceptors (Lipinski definition) is 2. The Morgan fingerprint density at radius 3 is 2.11 bits per heavy atom. The molecule has 0 unspecified atom stereocenters. The van der Waals surface area contributed by atoms with Crippen molar-refractivity contribution >= 4 is 18.0 Å². The van der Waals surface area contributed by atoms with E-state index >= 15 is 0 Å². The van der Waals surface area contributed by atoms with Crippen LogP contribution in [0.25, 0.3) is 12.2 Å². The van der Waals surface area contributed by atoms with Gasteiger partial charge in [-0.3, -0.25) is 5.41 Å². The quantitative estimate of drug-likeness (QED) is 0.492. The Hall–Kier alpha value is -2.35. The predicted molar refractivity (Wildman–Crippen MR) is 80.3 cm³/mol. The molecule has 19 heavy (non-hydrogen) atoms. The minimum absolute atomic E-state index is 0.223. The molecule has 96 valence electrons. The second-order valence-corrected chi connectivity index (χ2v) is 4.13. The van der Waals surface area contributed by atoms with Gasteiger partial charge >= 0.3 is 0 Å². The Bertz CT molecular complexity index is 556. The van der Waals surface area contributed by atoms with E-state index in [2.05, 4.69) is 24.3 Å². The summed E-state index contributed by atoms with van der Waals surface area (Å²) in [5, 5.41) is 7.70. The van der Waals surface area contributed by atoms with Gasteiger partial charge in [-0.15, -0.1) is 0 Å². The van der Waals surface area contributed by atoms with Gasteiger partial charge in [-0.1, -0.05) is 54.6 Å². The fraction of sp³-hybridized carbons (Fsp3) is 0.118. The fourth-order valence-corrected chi connectivity index (χ4v) is 1.73. The molecule has 1 N–H and O–H groups in total. The molecule has 2 aromatic rings. The van der Waals surface area contributed by atoms with Crippen molar-refractivity contribution in [3.05, 3.63) is 71.3 Å². The van der Waals surface area contributed by atoms with E-state index in [1.807, 2.05) is 49.4 Å². The van der Waals surface area contributed by atoms with Crippen LogP contribution in [0.3, 0.4) is 0 Å². The first-order valence-electron chi connectivity index (χ1n) is 6.34. The van der Waals surface area contributed by atoms with Gasteiger partial charge in [0, 0.05) is 5.56 Å². The largest absolute Gasteiger partial charge is 0.478 e. The predicted octanol–water partition coefficient (Wildman–Crippen LogP) is 4.22. The molecule has 0 amide bonds. The first kappa shape index (κ1) is 13.1. The molecule has 0 aliphatic rings. The summed E-state index contributed by atoms with van der Waals surface area (Å²) >= 11 is 0. The highest BCUT2D eigenvalue weighted by molar-refractivity contribution is 5.91. The highest BCUT2D eigenvalue weighted by atomic mass is 16.5. The van der Waals surface area contributed by atoms with E-state index in [9.17, 15) is 0 Å². The molecule has 0 fully saturated rings. The molecule has 0 saturated heterocycles. The van der Waals surface area contributed by atoms with E-state index in [4.69, 9.17) is 10.1 Å². The topological polar surface area (TPSA) is 33.1 Å². The maximum atomic E-state index is 7.70. The van der Waals surface area contributed by atoms with Crippen LogP contribution in [0.5, 0.6) is 0 Å². The molecule has 2 heteroatoms. The van der Waals surface area contributed by atoms with Crippen LogP contribution in [0.1, 0.15) is 23.6 Å². The Balaban J connectivity index is 2.07. The molecule has 0 aliphatic heterocycles. The van der Waals surface area contributed by atoms with Crippen LogP contribution < -0.4 is 0 Å². The lowest BCUT2D eigenvalue weighted by Gasteiger charge is -2.04. The lowest BCUT2D eigenvalue weighted by Crippen LogP contribution is -2.04. The molecule has 0 saturated carbocycles. The first-order chi connectivity index (χ1) is 9.29. The molecule has 0 radical (unpaired) electrons. The average Bonchev–Trinajstić information content (AvgIpc) is 2.47. The van der Waals surface area contributed by atoms with Crippen LogP contribution in [-0.2, 0) is 4.74 Å². The Morgan fingerprint density at radius 1 is 0.947 bits per heavy atom. The number of rotatable bonds is 4. The molecule has 0 aliphatic carbocycles. The molecular weight excluding hydrogens is 234 g/mol. The lowest BCUT2D eigenvalue weighted by molar-refractivity contribution is 0.325. The Morgan fingerprint density at radius 2 is 1.53 bits per heavy atom. The molecule has 2 nitrogen and oxygen atoms in total. The van der Waals surface area contributed by atoms with Crippen molar-refractivity contribution < 1.29 is 4.74 Å². The third-order valence-corrected chi connectivity index (χ3v) is 2.73. The van der Waals surface area contributed by atoms with Crippen molar-refractivity contribution in [2.45, 2.75) is 6.92 Å². The van der Waals surface area contributed by atoms with E-state index in [1.165, 1.54) is 5.56 Å². The van der Waals surface area contributed by atoms with Gasteiger partial charge in [0.2, 0.25) is 5.90 Å². The van der Waals surface area contributed by atoms with Crippen molar-refractivity contribution in [3.8, 4) is 0 Å². The minimum atomic E-state index is 0.223. The van der Waals surface area contributed by atoms with Gasteiger partial charge in [-0.25, -0.2) is 0 Å². The number of hydrogen-bond donors (Lipinski definition) is 1. The van der Waals surface area contributed by atoms with Crippen molar-refractivity contribution in [2.24, 2.45) is 0 Å². The second kappa shape index (κ2) is 6.55. The average molecular weight is 251 g/mol. The molecule has 0 atom stereocenters. The monoisotopic (exact) mass is 251 g/mol. The van der Waals surface area contributed by atoms with Crippen LogP contribution in [0.15, 0.2) is 54.6 Å². The van der Waals surface area contributed by atoms with Crippen molar-refractivity contribution in [1.29, 1.82) is 5.41 Å². The van der Waals surface area contributed by atoms with Gasteiger partial charge in [0.1, 0.15) is 0 Å². The van der Waals surface area contributed by atoms with Crippen LogP contribution in [0, 0.1) is 5.41 Å². The maximum absolute atomic E-state index is 7.70. The standard InChI is InChI=1S/C17H17NO/c1-2-19-17(18)16-12-10-15(11-13-16)9-8-14-6-4-3-5-7-14/h3-13,18H,2H2,1H3. The molecule has 0 spiro atoms. The highest BCUT2D eigenvalue weighted by Crippen LogP contribution is 2.10. The van der Waals surface area contributed by atoms with Crippen molar-refractivity contribution in [3.63, 3.8) is 0 Å². The van der Waals surface area contributed by atoms with Gasteiger partial charge in [-0.05, 0) is 30.2 Å². The summed E-state index contributed by atoms with van der Waals surface area (Å²) in [6, 6.07) is 18.0. The summed E-state index contributed by atoms with van der Waals surface area (Å²) in [5.74, 6) is 0.223. The van der Waals surface area contributed by atoms with Gasteiger partial charge < -0.3 is 4.74 Å². The number of ether oxygens (including phenoxy) is 1. The third-order valence-electron chi connectivity index (χ3n) is 2.73. The van der Waals surface area contributed by atoms with Gasteiger partial charge in [-0.2, -0.15) is 0 Å². The van der Waals surface area contributed by atoms with Gasteiger partial charge in [0.15, 0.2) is 0 Å². The fourth-order valence-electron chi connectivity index (χ4n) is 1.73. The van der Waals surface area contributed by atoms with Crippen LogP contribution in [0.2, 0.25) is 0 Å². The maximum Gasteiger partial charge on any atom is 0.213 e. The number of benzene rings is 2. The van der Waals surface area contributed by atoms with E-state index in [0.717, 1.165) is 11.1 Å². The van der Waals surface area contributed by atoms with E-state index in [-0.39, 0.29) is 5.90 Å². The molecule has 0 heterocycles. The smallest absolute Gasteiger partial charge is 0.213 e. The summed E-state index contributed by atoms with van der Waals surface area (Å²) < 4.78 is 5.16. The Kier molecular flexibility index (Phi) is 4.51. The Labute approximate surface area is 113 Å². The zero-order valence-electron chi connectivity index (χ0n) is 11.0. The molecule has 0 aromatic heterocycles. The first-order valence-corrected chi connectivity index (χ1v) is 6.34. The van der Waals surface area contributed by atoms with E-state index in [1.54, 1.807) is 0 Å². The third kappa shape index (κ3) is 3.81. The summed E-state index contributed by atoms with van der Waals surface area (Å²) in [4.78, 5) is 0. The highest BCUT2D eigenvalue weighted by Gasteiger charge is 2.00. The van der Waals surface area contributed by atoms with E-state index in [0.29, 0.717) is 6.61 Å². The zero-order chi connectivity index (χ0) is 13.5. The summed E-state index contributed by atoms with van der Waals surface area (Å²) in [5.41, 5.74) is 3.09. The lowest BCUT2D eigenvalue weighted by atomic mass is 10.1. The van der Waals surface area contributed by atoms with E-state index < -0.39 is 0 Å². The van der Waals surface area contributed by atoms with Crippen molar-refractivity contribution in [2.75, 3.05) is 6.61 Å². The van der Waals surface area contributed by atoms with Crippen LogP contribution in [-0.4, -0.2) is 12.5 Å². The van der Waals surface area contributed by atoms with Gasteiger partial charge in [0.05, 0.1) is 6.61 Å². The molecule has 2 rings (SSSR count). The summed E-state index contributed by atoms with van der Waals surface area (Å²) in [6.45, 7) is 2.40. The van der Waals surface area contributed by atoms with Crippen LogP contribution in [0.4, 0.5) is 0 Å². The van der Waals surface area contributed by atoms with Crippen LogP contribution >= 0.6 is 0 Å². The normalized spacial score (nSPS) is 10.6. The zero-order valence-corrected chi connectivity index (χ0v) is 11.0. The van der Waals surface area contributed by atoms with Crippen molar-refractivity contribution in [1.82, 2.24) is 0 Å². The second-order valence-electron chi connectivity index (χ2n) is 4.13. The SMILES string of the molecule is CCOC(=N)c1ccc(C=Cc2ccccc2)cc1. The minimum Gasteiger partial charge on any atom is -0.478 e. The summed E-state index contributed by atoms with van der Waals surface area (Å²) in [6.07, 6.45) is 4.13. The molecule has 0 bridgehead atoms.